The number of nitrogen functional groups attached to an aromatic ring is 1. The van der Waals surface area contributed by atoms with Gasteiger partial charge in [-0.2, -0.15) is 5.10 Å². The second-order valence-corrected chi connectivity index (χ2v) is 4.36. The highest BCUT2D eigenvalue weighted by molar-refractivity contribution is 5.85. The van der Waals surface area contributed by atoms with Crippen LogP contribution in [0.25, 0.3) is 11.3 Å². The Labute approximate surface area is 119 Å². The average Bonchev–Trinajstić information content (AvgIpc) is 2.74. The number of H-pyrrole nitrogens is 1. The lowest BCUT2D eigenvalue weighted by Crippen LogP contribution is -2.01. The van der Waals surface area contributed by atoms with Crippen molar-refractivity contribution in [1.29, 1.82) is 0 Å². The first kappa shape index (κ1) is 14.9. The Morgan fingerprint density at radius 2 is 1.67 bits per heavy atom. The number of aromatic amines is 1. The van der Waals surface area contributed by atoms with Crippen LogP contribution in [-0.2, 0) is 12.8 Å². The topological polar surface area (TPSA) is 54.7 Å². The minimum atomic E-state index is 0. The van der Waals surface area contributed by atoms with Crippen LogP contribution in [-0.4, -0.2) is 10.2 Å². The maximum Gasteiger partial charge on any atom is 0.0955 e. The van der Waals surface area contributed by atoms with Gasteiger partial charge in [-0.25, -0.2) is 0 Å². The third-order valence-electron chi connectivity index (χ3n) is 3.24. The van der Waals surface area contributed by atoms with Crippen LogP contribution in [0.4, 0.5) is 5.69 Å². The summed E-state index contributed by atoms with van der Waals surface area (Å²) in [7, 11) is 0. The van der Waals surface area contributed by atoms with Gasteiger partial charge in [-0.05, 0) is 37.8 Å². The molecular formula is C13H17Cl2N3. The van der Waals surface area contributed by atoms with Gasteiger partial charge in [0.1, 0.15) is 0 Å². The molecule has 0 amide bonds. The van der Waals surface area contributed by atoms with Crippen molar-refractivity contribution in [1.82, 2.24) is 10.2 Å². The van der Waals surface area contributed by atoms with Crippen LogP contribution in [0.5, 0.6) is 0 Å². The molecule has 1 aromatic carbocycles. The van der Waals surface area contributed by atoms with Gasteiger partial charge in [-0.3, -0.25) is 5.10 Å². The summed E-state index contributed by atoms with van der Waals surface area (Å²) < 4.78 is 0. The molecule has 0 spiro atoms. The number of halogens is 2. The molecule has 3 nitrogen and oxygen atoms in total. The van der Waals surface area contributed by atoms with Gasteiger partial charge in [0.15, 0.2) is 0 Å². The van der Waals surface area contributed by atoms with Gasteiger partial charge < -0.3 is 5.73 Å². The van der Waals surface area contributed by atoms with Gasteiger partial charge in [0.2, 0.25) is 0 Å². The summed E-state index contributed by atoms with van der Waals surface area (Å²) in [6, 6.07) is 7.94. The quantitative estimate of drug-likeness (QED) is 0.790. The zero-order chi connectivity index (χ0) is 11.0. The lowest BCUT2D eigenvalue weighted by atomic mass is 9.94. The van der Waals surface area contributed by atoms with E-state index in [1.165, 1.54) is 24.1 Å². The largest absolute Gasteiger partial charge is 0.399 e. The number of nitrogens with two attached hydrogens (primary N) is 1. The minimum Gasteiger partial charge on any atom is -0.399 e. The van der Waals surface area contributed by atoms with Crippen molar-refractivity contribution in [2.75, 3.05) is 5.73 Å². The number of aryl methyl sites for hydroxylation is 1. The van der Waals surface area contributed by atoms with Crippen LogP contribution in [0.15, 0.2) is 24.3 Å². The molecule has 3 rings (SSSR count). The number of hydrogen-bond donors (Lipinski definition) is 2. The molecule has 0 unspecified atom stereocenters. The monoisotopic (exact) mass is 285 g/mol. The number of anilines is 1. The number of aromatic nitrogens is 2. The Hall–Kier alpha value is -1.19. The zero-order valence-electron chi connectivity index (χ0n) is 9.98. The Bertz CT molecular complexity index is 505. The van der Waals surface area contributed by atoms with E-state index in [-0.39, 0.29) is 24.8 Å². The van der Waals surface area contributed by atoms with E-state index >= 15 is 0 Å². The fourth-order valence-corrected chi connectivity index (χ4v) is 2.36. The Morgan fingerprint density at radius 1 is 1.00 bits per heavy atom. The number of hydrogen-bond acceptors (Lipinski definition) is 2. The van der Waals surface area contributed by atoms with Crippen LogP contribution in [0.1, 0.15) is 24.1 Å². The second kappa shape index (κ2) is 6.12. The first-order valence-electron chi connectivity index (χ1n) is 5.76. The van der Waals surface area contributed by atoms with E-state index in [0.717, 1.165) is 29.8 Å². The molecule has 5 heteroatoms. The summed E-state index contributed by atoms with van der Waals surface area (Å²) in [5, 5.41) is 7.59. The second-order valence-electron chi connectivity index (χ2n) is 4.36. The van der Waals surface area contributed by atoms with Crippen molar-refractivity contribution in [2.24, 2.45) is 0 Å². The van der Waals surface area contributed by atoms with Crippen molar-refractivity contribution in [2.45, 2.75) is 25.7 Å². The smallest absolute Gasteiger partial charge is 0.0955 e. The van der Waals surface area contributed by atoms with E-state index in [2.05, 4.69) is 10.2 Å². The molecule has 1 heterocycles. The van der Waals surface area contributed by atoms with Crippen LogP contribution in [0, 0.1) is 0 Å². The van der Waals surface area contributed by atoms with E-state index in [1.54, 1.807) is 0 Å². The molecular weight excluding hydrogens is 269 g/mol. The summed E-state index contributed by atoms with van der Waals surface area (Å²) in [5.41, 5.74) is 11.5. The lowest BCUT2D eigenvalue weighted by Gasteiger charge is -2.11. The van der Waals surface area contributed by atoms with Crippen LogP contribution in [0.3, 0.4) is 0 Å². The third kappa shape index (κ3) is 2.62. The third-order valence-corrected chi connectivity index (χ3v) is 3.24. The van der Waals surface area contributed by atoms with Crippen molar-refractivity contribution in [3.05, 3.63) is 35.5 Å². The molecule has 0 fully saturated rings. The summed E-state index contributed by atoms with van der Waals surface area (Å²) in [6.07, 6.45) is 4.83. The van der Waals surface area contributed by atoms with Gasteiger partial charge in [0, 0.05) is 22.5 Å². The number of nitrogens with one attached hydrogen (secondary N) is 1. The maximum absolute atomic E-state index is 5.69. The van der Waals surface area contributed by atoms with E-state index in [0.29, 0.717) is 0 Å². The predicted molar refractivity (Wildman–Crippen MR) is 79.6 cm³/mol. The Balaban J connectivity index is 0.000000810. The molecule has 1 aliphatic carbocycles. The molecule has 0 aliphatic heterocycles. The lowest BCUT2D eigenvalue weighted by molar-refractivity contribution is 0.675. The molecule has 0 radical (unpaired) electrons. The molecule has 98 valence electrons. The highest BCUT2D eigenvalue weighted by Gasteiger charge is 2.17. The molecule has 0 bridgehead atoms. The summed E-state index contributed by atoms with van der Waals surface area (Å²) in [5.74, 6) is 0. The number of benzene rings is 1. The van der Waals surface area contributed by atoms with Crippen molar-refractivity contribution in [3.63, 3.8) is 0 Å². The van der Waals surface area contributed by atoms with E-state index < -0.39 is 0 Å². The zero-order valence-corrected chi connectivity index (χ0v) is 11.6. The molecule has 18 heavy (non-hydrogen) atoms. The SMILES string of the molecule is Cl.Cl.Nc1ccc(-c2n[nH]c3c2CCCC3)cc1. The Kier molecular flexibility index (Phi) is 5.05. The summed E-state index contributed by atoms with van der Waals surface area (Å²) in [6.45, 7) is 0. The average molecular weight is 286 g/mol. The van der Waals surface area contributed by atoms with Crippen molar-refractivity contribution in [3.8, 4) is 11.3 Å². The molecule has 0 saturated heterocycles. The van der Waals surface area contributed by atoms with Gasteiger partial charge >= 0.3 is 0 Å². The van der Waals surface area contributed by atoms with E-state index in [9.17, 15) is 0 Å². The van der Waals surface area contributed by atoms with Crippen LogP contribution in [0.2, 0.25) is 0 Å². The Morgan fingerprint density at radius 3 is 2.39 bits per heavy atom. The van der Waals surface area contributed by atoms with Gasteiger partial charge in [-0.15, -0.1) is 24.8 Å². The predicted octanol–water partition coefficient (Wildman–Crippen LogP) is 3.38. The molecule has 0 saturated carbocycles. The number of nitrogens with zero attached hydrogens (tertiary/aromatic N) is 1. The molecule has 1 aromatic heterocycles. The summed E-state index contributed by atoms with van der Waals surface area (Å²) in [4.78, 5) is 0. The minimum absolute atomic E-state index is 0. The van der Waals surface area contributed by atoms with Gasteiger partial charge in [0.25, 0.3) is 0 Å². The molecule has 2 aromatic rings. The first-order valence-corrected chi connectivity index (χ1v) is 5.76. The number of rotatable bonds is 1. The van der Waals surface area contributed by atoms with Crippen LogP contribution >= 0.6 is 24.8 Å². The van der Waals surface area contributed by atoms with Crippen molar-refractivity contribution >= 4 is 30.5 Å². The van der Waals surface area contributed by atoms with Gasteiger partial charge in [-0.1, -0.05) is 12.1 Å². The van der Waals surface area contributed by atoms with Crippen molar-refractivity contribution < 1.29 is 0 Å². The number of fused-ring (bicyclic) bond motifs is 1. The van der Waals surface area contributed by atoms with Crippen LogP contribution < -0.4 is 5.73 Å². The highest BCUT2D eigenvalue weighted by Crippen LogP contribution is 2.29. The van der Waals surface area contributed by atoms with E-state index in [1.807, 2.05) is 24.3 Å². The maximum atomic E-state index is 5.69. The highest BCUT2D eigenvalue weighted by atomic mass is 35.5. The standard InChI is InChI=1S/C13H15N3.2ClH/c14-10-7-5-9(6-8-10)13-11-3-1-2-4-12(11)15-16-13;;/h5-8H,1-4,14H2,(H,15,16);2*1H. The molecule has 0 atom stereocenters. The molecule has 1 aliphatic rings. The summed E-state index contributed by atoms with van der Waals surface area (Å²) >= 11 is 0. The normalized spacial score (nSPS) is 13.1. The fraction of sp³-hybridized carbons (Fsp3) is 0.308. The van der Waals surface area contributed by atoms with Gasteiger partial charge in [0.05, 0.1) is 5.69 Å². The first-order chi connectivity index (χ1) is 7.84. The van der Waals surface area contributed by atoms with E-state index in [4.69, 9.17) is 5.73 Å². The molecule has 3 N–H and O–H groups in total. The fourth-order valence-electron chi connectivity index (χ4n) is 2.36.